The molecule has 1 amide bonds. The van der Waals surface area contributed by atoms with Crippen molar-refractivity contribution in [1.82, 2.24) is 4.90 Å². The van der Waals surface area contributed by atoms with Gasteiger partial charge in [-0.15, -0.1) is 5.10 Å². The molecule has 136 valence electrons. The van der Waals surface area contributed by atoms with Gasteiger partial charge in [-0.2, -0.15) is 5.10 Å². The number of benzene rings is 1. The molecule has 2 rings (SSSR count). The van der Waals surface area contributed by atoms with Gasteiger partial charge in [-0.25, -0.2) is 0 Å². The van der Waals surface area contributed by atoms with E-state index in [1.807, 2.05) is 11.8 Å². The molecular weight excluding hydrogens is 322 g/mol. The predicted molar refractivity (Wildman–Crippen MR) is 96.9 cm³/mol. The quantitative estimate of drug-likeness (QED) is 0.435. The lowest BCUT2D eigenvalue weighted by Crippen LogP contribution is -2.38. The highest BCUT2D eigenvalue weighted by atomic mass is 16.5. The fourth-order valence-corrected chi connectivity index (χ4v) is 2.53. The van der Waals surface area contributed by atoms with Gasteiger partial charge in [0.05, 0.1) is 12.8 Å². The summed E-state index contributed by atoms with van der Waals surface area (Å²) in [6, 6.07) is 5.29. The SMILES string of the molecule is CCOc1cc(/C=N/N=C(N)N)ccc1OCC(=O)N1CCCCC1. The number of nitrogens with zero attached hydrogens (tertiary/aromatic N) is 3. The molecule has 0 aliphatic carbocycles. The molecule has 0 radical (unpaired) electrons. The van der Waals surface area contributed by atoms with E-state index in [0.29, 0.717) is 18.1 Å². The summed E-state index contributed by atoms with van der Waals surface area (Å²) < 4.78 is 11.3. The standard InChI is InChI=1S/C17H25N5O3/c1-2-24-15-10-13(11-20-21-17(18)19)6-7-14(15)25-12-16(23)22-8-4-3-5-9-22/h6-7,10-11H,2-5,8-9,12H2,1H3,(H4,18,19,21)/b20-11+. The molecule has 0 atom stereocenters. The maximum Gasteiger partial charge on any atom is 0.260 e. The molecular formula is C17H25N5O3. The molecule has 0 bridgehead atoms. The van der Waals surface area contributed by atoms with E-state index in [0.717, 1.165) is 31.5 Å². The Morgan fingerprint density at radius 1 is 1.20 bits per heavy atom. The second-order valence-electron chi connectivity index (χ2n) is 5.64. The summed E-state index contributed by atoms with van der Waals surface area (Å²) in [5, 5.41) is 7.31. The van der Waals surface area contributed by atoms with E-state index in [1.54, 1.807) is 18.2 Å². The lowest BCUT2D eigenvalue weighted by Gasteiger charge is -2.26. The van der Waals surface area contributed by atoms with Crippen LogP contribution in [0.3, 0.4) is 0 Å². The third-order valence-electron chi connectivity index (χ3n) is 3.71. The number of piperidine rings is 1. The molecule has 1 saturated heterocycles. The molecule has 4 N–H and O–H groups in total. The fourth-order valence-electron chi connectivity index (χ4n) is 2.53. The fraction of sp³-hybridized carbons (Fsp3) is 0.471. The minimum atomic E-state index is -0.113. The van der Waals surface area contributed by atoms with Crippen LogP contribution in [0, 0.1) is 0 Å². The third-order valence-corrected chi connectivity index (χ3v) is 3.71. The number of carbonyl (C=O) groups is 1. The van der Waals surface area contributed by atoms with Crippen molar-refractivity contribution in [3.05, 3.63) is 23.8 Å². The van der Waals surface area contributed by atoms with Crippen molar-refractivity contribution in [2.24, 2.45) is 21.7 Å². The Labute approximate surface area is 147 Å². The molecule has 0 aromatic heterocycles. The molecule has 0 saturated carbocycles. The topological polar surface area (TPSA) is 116 Å². The summed E-state index contributed by atoms with van der Waals surface area (Å²) >= 11 is 0. The van der Waals surface area contributed by atoms with Crippen LogP contribution in [0.1, 0.15) is 31.7 Å². The molecule has 0 unspecified atom stereocenters. The average Bonchev–Trinajstić information content (AvgIpc) is 2.61. The van der Waals surface area contributed by atoms with Crippen molar-refractivity contribution in [2.75, 3.05) is 26.3 Å². The summed E-state index contributed by atoms with van der Waals surface area (Å²) in [6.07, 6.45) is 4.80. The summed E-state index contributed by atoms with van der Waals surface area (Å²) in [6.45, 7) is 3.97. The first-order chi connectivity index (χ1) is 12.1. The number of rotatable bonds is 7. The van der Waals surface area contributed by atoms with Crippen molar-refractivity contribution < 1.29 is 14.3 Å². The Morgan fingerprint density at radius 3 is 2.64 bits per heavy atom. The Kier molecular flexibility index (Phi) is 7.06. The smallest absolute Gasteiger partial charge is 0.260 e. The van der Waals surface area contributed by atoms with E-state index in [2.05, 4.69) is 10.2 Å². The molecule has 1 heterocycles. The third kappa shape index (κ3) is 5.98. The summed E-state index contributed by atoms with van der Waals surface area (Å²) in [4.78, 5) is 14.1. The number of carbonyl (C=O) groups excluding carboxylic acids is 1. The summed E-state index contributed by atoms with van der Waals surface area (Å²) in [7, 11) is 0. The lowest BCUT2D eigenvalue weighted by molar-refractivity contribution is -0.134. The van der Waals surface area contributed by atoms with Gasteiger partial charge in [0.1, 0.15) is 0 Å². The molecule has 8 nitrogen and oxygen atoms in total. The minimum Gasteiger partial charge on any atom is -0.490 e. The van der Waals surface area contributed by atoms with Gasteiger partial charge in [0.25, 0.3) is 5.91 Å². The first-order valence-corrected chi connectivity index (χ1v) is 8.39. The number of likely N-dealkylation sites (tertiary alicyclic amines) is 1. The number of nitrogens with two attached hydrogens (primary N) is 2. The second-order valence-corrected chi connectivity index (χ2v) is 5.64. The maximum atomic E-state index is 12.2. The summed E-state index contributed by atoms with van der Waals surface area (Å²) in [5.41, 5.74) is 11.2. The van der Waals surface area contributed by atoms with Gasteiger partial charge >= 0.3 is 0 Å². The number of guanidine groups is 1. The Hall–Kier alpha value is -2.77. The van der Waals surface area contributed by atoms with Gasteiger partial charge in [-0.1, -0.05) is 0 Å². The normalized spacial score (nSPS) is 14.4. The van der Waals surface area contributed by atoms with Crippen LogP contribution < -0.4 is 20.9 Å². The van der Waals surface area contributed by atoms with Crippen LogP contribution in [0.4, 0.5) is 0 Å². The van der Waals surface area contributed by atoms with Gasteiger partial charge in [-0.05, 0) is 49.9 Å². The zero-order valence-electron chi connectivity index (χ0n) is 14.5. The van der Waals surface area contributed by atoms with Gasteiger partial charge in [-0.3, -0.25) is 4.79 Å². The highest BCUT2D eigenvalue weighted by Crippen LogP contribution is 2.28. The molecule has 1 fully saturated rings. The van der Waals surface area contributed by atoms with E-state index >= 15 is 0 Å². The van der Waals surface area contributed by atoms with Gasteiger partial charge in [0.15, 0.2) is 18.1 Å². The lowest BCUT2D eigenvalue weighted by atomic mass is 10.1. The van der Waals surface area contributed by atoms with E-state index < -0.39 is 0 Å². The van der Waals surface area contributed by atoms with Crippen molar-refractivity contribution in [3.63, 3.8) is 0 Å². The molecule has 25 heavy (non-hydrogen) atoms. The average molecular weight is 347 g/mol. The molecule has 1 aliphatic heterocycles. The second kappa shape index (κ2) is 9.51. The Bertz CT molecular complexity index is 635. The molecule has 1 aromatic rings. The zero-order valence-corrected chi connectivity index (χ0v) is 14.5. The highest BCUT2D eigenvalue weighted by molar-refractivity contribution is 5.82. The maximum absolute atomic E-state index is 12.2. The van der Waals surface area contributed by atoms with Crippen LogP contribution in [0.15, 0.2) is 28.4 Å². The van der Waals surface area contributed by atoms with Gasteiger partial charge < -0.3 is 25.8 Å². The monoisotopic (exact) mass is 347 g/mol. The highest BCUT2D eigenvalue weighted by Gasteiger charge is 2.17. The minimum absolute atomic E-state index is 0.000505. The first kappa shape index (κ1) is 18.6. The van der Waals surface area contributed by atoms with Crippen LogP contribution in [-0.2, 0) is 4.79 Å². The van der Waals surface area contributed by atoms with Crippen LogP contribution in [0.5, 0.6) is 11.5 Å². The van der Waals surface area contributed by atoms with Crippen molar-refractivity contribution in [2.45, 2.75) is 26.2 Å². The van der Waals surface area contributed by atoms with E-state index in [-0.39, 0.29) is 18.5 Å². The van der Waals surface area contributed by atoms with Gasteiger partial charge in [0, 0.05) is 13.1 Å². The van der Waals surface area contributed by atoms with E-state index in [1.165, 1.54) is 12.6 Å². The van der Waals surface area contributed by atoms with Crippen LogP contribution in [0.25, 0.3) is 0 Å². The van der Waals surface area contributed by atoms with Crippen molar-refractivity contribution >= 4 is 18.1 Å². The van der Waals surface area contributed by atoms with E-state index in [9.17, 15) is 4.79 Å². The summed E-state index contributed by atoms with van der Waals surface area (Å²) in [5.74, 6) is 0.951. The molecule has 1 aliphatic rings. The predicted octanol–water partition coefficient (Wildman–Crippen LogP) is 1.08. The molecule has 1 aromatic carbocycles. The Balaban J connectivity index is 2.02. The van der Waals surface area contributed by atoms with Crippen molar-refractivity contribution in [3.8, 4) is 11.5 Å². The van der Waals surface area contributed by atoms with Crippen LogP contribution >= 0.6 is 0 Å². The first-order valence-electron chi connectivity index (χ1n) is 8.39. The largest absolute Gasteiger partial charge is 0.490 e. The van der Waals surface area contributed by atoms with Crippen molar-refractivity contribution in [1.29, 1.82) is 0 Å². The van der Waals surface area contributed by atoms with Gasteiger partial charge in [0.2, 0.25) is 5.96 Å². The Morgan fingerprint density at radius 2 is 1.96 bits per heavy atom. The molecule has 0 spiro atoms. The van der Waals surface area contributed by atoms with E-state index in [4.69, 9.17) is 20.9 Å². The van der Waals surface area contributed by atoms with Crippen LogP contribution in [-0.4, -0.2) is 49.3 Å². The van der Waals surface area contributed by atoms with Crippen LogP contribution in [0.2, 0.25) is 0 Å². The molecule has 8 heteroatoms. The number of hydrogen-bond donors (Lipinski definition) is 2. The number of ether oxygens (including phenoxy) is 2. The zero-order chi connectivity index (χ0) is 18.1. The number of hydrogen-bond acceptors (Lipinski definition) is 5. The number of amides is 1.